The molecule has 0 saturated heterocycles. The van der Waals surface area contributed by atoms with E-state index in [1.807, 2.05) is 19.1 Å². The third kappa shape index (κ3) is 5.38. The van der Waals surface area contributed by atoms with Crippen LogP contribution in [-0.4, -0.2) is 19.2 Å². The summed E-state index contributed by atoms with van der Waals surface area (Å²) in [6.07, 6.45) is 9.93. The van der Waals surface area contributed by atoms with Crippen LogP contribution in [-0.2, 0) is 6.42 Å². The molecule has 0 radical (unpaired) electrons. The van der Waals surface area contributed by atoms with Crippen molar-refractivity contribution in [3.05, 3.63) is 35.4 Å². The number of nitrogens with one attached hydrogen (secondary N) is 1. The largest absolute Gasteiger partial charge is 0.492 e. The van der Waals surface area contributed by atoms with E-state index in [-0.39, 0.29) is 0 Å². The number of nitrogens with two attached hydrogens (primary N) is 1. The van der Waals surface area contributed by atoms with Crippen molar-refractivity contribution < 1.29 is 4.74 Å². The van der Waals surface area contributed by atoms with Crippen molar-refractivity contribution in [2.45, 2.75) is 58.4 Å². The van der Waals surface area contributed by atoms with Gasteiger partial charge in [0.1, 0.15) is 5.75 Å². The number of nitrogen functional groups attached to an aromatic ring is 1. The van der Waals surface area contributed by atoms with Crippen LogP contribution in [0.1, 0.15) is 51.5 Å². The molecule has 0 fully saturated rings. The lowest BCUT2D eigenvalue weighted by Gasteiger charge is -2.17. The van der Waals surface area contributed by atoms with E-state index in [1.54, 1.807) is 5.57 Å². The minimum atomic E-state index is 0.460. The van der Waals surface area contributed by atoms with Crippen LogP contribution in [0.5, 0.6) is 5.75 Å². The Labute approximate surface area is 134 Å². The number of anilines is 1. The molecule has 1 aliphatic carbocycles. The van der Waals surface area contributed by atoms with Gasteiger partial charge in [0.2, 0.25) is 0 Å². The lowest BCUT2D eigenvalue weighted by molar-refractivity contribution is 0.342. The number of allylic oxidation sites excluding steroid dienone is 1. The Morgan fingerprint density at radius 3 is 2.86 bits per heavy atom. The lowest BCUT2D eigenvalue weighted by Crippen LogP contribution is -2.29. The topological polar surface area (TPSA) is 47.3 Å². The Kier molecular flexibility index (Phi) is 6.78. The van der Waals surface area contributed by atoms with Crippen molar-refractivity contribution in [2.75, 3.05) is 18.9 Å². The van der Waals surface area contributed by atoms with Crippen molar-refractivity contribution in [2.24, 2.45) is 0 Å². The van der Waals surface area contributed by atoms with E-state index < -0.39 is 0 Å². The fourth-order valence-electron chi connectivity index (χ4n) is 3.05. The van der Waals surface area contributed by atoms with E-state index in [9.17, 15) is 0 Å². The molecule has 1 atom stereocenters. The first-order valence-corrected chi connectivity index (χ1v) is 8.61. The van der Waals surface area contributed by atoms with Crippen molar-refractivity contribution in [1.29, 1.82) is 0 Å². The minimum absolute atomic E-state index is 0.460. The van der Waals surface area contributed by atoms with Gasteiger partial charge in [0.25, 0.3) is 0 Å². The van der Waals surface area contributed by atoms with Crippen LogP contribution in [0.2, 0.25) is 0 Å². The van der Waals surface area contributed by atoms with Gasteiger partial charge in [0.05, 0.1) is 12.3 Å². The second-order valence-electron chi connectivity index (χ2n) is 6.22. The maximum Gasteiger partial charge on any atom is 0.142 e. The number of hydrogen-bond donors (Lipinski definition) is 2. The summed E-state index contributed by atoms with van der Waals surface area (Å²) in [7, 11) is 0. The molecule has 0 spiro atoms. The van der Waals surface area contributed by atoms with Gasteiger partial charge >= 0.3 is 0 Å². The molecule has 3 heteroatoms. The van der Waals surface area contributed by atoms with Crippen molar-refractivity contribution in [1.82, 2.24) is 5.32 Å². The Balaban J connectivity index is 1.75. The van der Waals surface area contributed by atoms with Crippen molar-refractivity contribution in [3.63, 3.8) is 0 Å². The summed E-state index contributed by atoms with van der Waals surface area (Å²) in [5, 5.41) is 3.62. The molecule has 0 bridgehead atoms. The highest BCUT2D eigenvalue weighted by atomic mass is 16.5. The zero-order valence-corrected chi connectivity index (χ0v) is 14.0. The van der Waals surface area contributed by atoms with E-state index in [0.29, 0.717) is 12.6 Å². The van der Waals surface area contributed by atoms with Crippen LogP contribution in [0.3, 0.4) is 0 Å². The molecular formula is C19H30N2O. The summed E-state index contributed by atoms with van der Waals surface area (Å²) >= 11 is 0. The van der Waals surface area contributed by atoms with Gasteiger partial charge < -0.3 is 15.8 Å². The van der Waals surface area contributed by atoms with Gasteiger partial charge in [-0.2, -0.15) is 0 Å². The van der Waals surface area contributed by atoms with E-state index in [0.717, 1.165) is 24.4 Å². The number of benzene rings is 1. The zero-order valence-electron chi connectivity index (χ0n) is 14.0. The number of ether oxygens (including phenoxy) is 1. The predicted molar refractivity (Wildman–Crippen MR) is 94.4 cm³/mol. The highest BCUT2D eigenvalue weighted by molar-refractivity contribution is 5.54. The first-order valence-electron chi connectivity index (χ1n) is 8.61. The smallest absolute Gasteiger partial charge is 0.142 e. The van der Waals surface area contributed by atoms with Gasteiger partial charge in [0, 0.05) is 6.04 Å². The summed E-state index contributed by atoms with van der Waals surface area (Å²) in [6, 6.07) is 6.59. The van der Waals surface area contributed by atoms with Crippen LogP contribution < -0.4 is 15.8 Å². The monoisotopic (exact) mass is 302 g/mol. The van der Waals surface area contributed by atoms with Crippen LogP contribution in [0.25, 0.3) is 0 Å². The van der Waals surface area contributed by atoms with Gasteiger partial charge in [-0.25, -0.2) is 0 Å². The average molecular weight is 302 g/mol. The SMILES string of the molecule is CCOc1ccc(CC(C)NCCC2=CCCCC2)cc1N. The molecule has 0 aromatic heterocycles. The van der Waals surface area contributed by atoms with E-state index in [2.05, 4.69) is 24.4 Å². The van der Waals surface area contributed by atoms with Crippen molar-refractivity contribution in [3.8, 4) is 5.75 Å². The maximum atomic E-state index is 6.03. The zero-order chi connectivity index (χ0) is 15.8. The summed E-state index contributed by atoms with van der Waals surface area (Å²) in [6.45, 7) is 5.93. The van der Waals surface area contributed by atoms with E-state index >= 15 is 0 Å². The molecule has 1 aromatic rings. The molecule has 0 saturated carbocycles. The Morgan fingerprint density at radius 1 is 1.32 bits per heavy atom. The second-order valence-corrected chi connectivity index (χ2v) is 6.22. The third-order valence-electron chi connectivity index (χ3n) is 4.24. The standard InChI is InChI=1S/C19H30N2O/c1-3-22-19-10-9-17(14-18(19)20)13-15(2)21-12-11-16-7-5-4-6-8-16/h7,9-10,14-15,21H,3-6,8,11-13,20H2,1-2H3. The van der Waals surface area contributed by atoms with Gasteiger partial charge in [-0.15, -0.1) is 0 Å². The second kappa shape index (κ2) is 8.84. The van der Waals surface area contributed by atoms with Crippen LogP contribution >= 0.6 is 0 Å². The van der Waals surface area contributed by atoms with Crippen LogP contribution in [0.4, 0.5) is 5.69 Å². The summed E-state index contributed by atoms with van der Waals surface area (Å²) < 4.78 is 5.48. The summed E-state index contributed by atoms with van der Waals surface area (Å²) in [5.41, 5.74) is 9.66. The number of rotatable bonds is 8. The van der Waals surface area contributed by atoms with Gasteiger partial charge in [0.15, 0.2) is 0 Å². The Morgan fingerprint density at radius 2 is 2.18 bits per heavy atom. The maximum absolute atomic E-state index is 6.03. The molecule has 0 heterocycles. The first kappa shape index (κ1) is 16.9. The lowest BCUT2D eigenvalue weighted by atomic mass is 9.97. The highest BCUT2D eigenvalue weighted by Crippen LogP contribution is 2.23. The molecule has 0 amide bonds. The van der Waals surface area contributed by atoms with E-state index in [4.69, 9.17) is 10.5 Å². The Bertz CT molecular complexity index is 496. The average Bonchev–Trinajstić information content (AvgIpc) is 2.51. The highest BCUT2D eigenvalue weighted by Gasteiger charge is 2.07. The molecule has 1 aliphatic rings. The molecule has 2 rings (SSSR count). The van der Waals surface area contributed by atoms with Crippen molar-refractivity contribution >= 4 is 5.69 Å². The molecule has 1 aromatic carbocycles. The molecule has 22 heavy (non-hydrogen) atoms. The molecule has 0 aliphatic heterocycles. The minimum Gasteiger partial charge on any atom is -0.492 e. The normalized spacial score (nSPS) is 16.2. The molecular weight excluding hydrogens is 272 g/mol. The molecule has 3 nitrogen and oxygen atoms in total. The molecule has 122 valence electrons. The number of hydrogen-bond acceptors (Lipinski definition) is 3. The summed E-state index contributed by atoms with van der Waals surface area (Å²) in [4.78, 5) is 0. The van der Waals surface area contributed by atoms with Gasteiger partial charge in [-0.3, -0.25) is 0 Å². The molecule has 3 N–H and O–H groups in total. The van der Waals surface area contributed by atoms with E-state index in [1.165, 1.54) is 37.7 Å². The van der Waals surface area contributed by atoms with Gasteiger partial charge in [-0.05, 0) is 76.6 Å². The quantitative estimate of drug-likeness (QED) is 0.562. The predicted octanol–water partition coefficient (Wildman–Crippen LogP) is 4.08. The van der Waals surface area contributed by atoms with Crippen LogP contribution in [0.15, 0.2) is 29.8 Å². The van der Waals surface area contributed by atoms with Crippen LogP contribution in [0, 0.1) is 0 Å². The summed E-state index contributed by atoms with van der Waals surface area (Å²) in [5.74, 6) is 0.788. The Hall–Kier alpha value is -1.48. The fourth-order valence-corrected chi connectivity index (χ4v) is 3.05. The van der Waals surface area contributed by atoms with Gasteiger partial charge in [-0.1, -0.05) is 17.7 Å². The fraction of sp³-hybridized carbons (Fsp3) is 0.579. The third-order valence-corrected chi connectivity index (χ3v) is 4.24. The molecule has 1 unspecified atom stereocenters. The first-order chi connectivity index (χ1) is 10.7.